The van der Waals surface area contributed by atoms with Gasteiger partial charge in [0.25, 0.3) is 5.56 Å². The minimum absolute atomic E-state index is 0.0916. The van der Waals surface area contributed by atoms with Crippen LogP contribution in [0.5, 0.6) is 0 Å². The van der Waals surface area contributed by atoms with Crippen LogP contribution in [0.25, 0.3) is 11.0 Å². The Bertz CT molecular complexity index is 789. The van der Waals surface area contributed by atoms with Crippen LogP contribution in [0.1, 0.15) is 18.3 Å². The Kier molecular flexibility index (Phi) is 2.68. The molecule has 0 bridgehead atoms. The third-order valence-corrected chi connectivity index (χ3v) is 3.60. The van der Waals surface area contributed by atoms with Gasteiger partial charge in [-0.25, -0.2) is 4.98 Å². The summed E-state index contributed by atoms with van der Waals surface area (Å²) in [6.45, 7) is 1.97. The molecule has 0 amide bonds. The van der Waals surface area contributed by atoms with Gasteiger partial charge in [0.05, 0.1) is 4.53 Å². The lowest BCUT2D eigenvalue weighted by Crippen LogP contribution is -2.23. The number of thiazole rings is 1. The van der Waals surface area contributed by atoms with Crippen molar-refractivity contribution in [3.8, 4) is 0 Å². The fourth-order valence-corrected chi connectivity index (χ4v) is 2.65. The second kappa shape index (κ2) is 4.34. The fraction of sp³-hybridized carbons (Fsp3) is 0.154. The normalized spacial score (nSPS) is 12.4. The first kappa shape index (κ1) is 11.1. The van der Waals surface area contributed by atoms with Crippen molar-refractivity contribution in [1.82, 2.24) is 14.6 Å². The summed E-state index contributed by atoms with van der Waals surface area (Å²) in [5.74, 6) is 0.713. The number of fused-ring (bicyclic) bond motifs is 1. The molecule has 18 heavy (non-hydrogen) atoms. The first-order valence-corrected chi connectivity index (χ1v) is 6.55. The zero-order chi connectivity index (χ0) is 12.5. The first-order valence-electron chi connectivity index (χ1n) is 5.73. The van der Waals surface area contributed by atoms with E-state index in [1.54, 1.807) is 0 Å². The molecule has 90 valence electrons. The molecule has 4 nitrogen and oxygen atoms in total. The summed E-state index contributed by atoms with van der Waals surface area (Å²) in [6.07, 6.45) is 2.61. The number of rotatable bonds is 2. The van der Waals surface area contributed by atoms with Gasteiger partial charge in [0, 0.05) is 6.42 Å². The topological polar surface area (TPSA) is 47.3 Å². The van der Waals surface area contributed by atoms with Crippen LogP contribution in [0, 0.1) is 0 Å². The molecule has 0 N–H and O–H groups in total. The van der Waals surface area contributed by atoms with Crippen molar-refractivity contribution in [1.29, 1.82) is 0 Å². The molecule has 1 aromatic carbocycles. The zero-order valence-electron chi connectivity index (χ0n) is 9.83. The van der Waals surface area contributed by atoms with E-state index in [0.717, 1.165) is 12.0 Å². The van der Waals surface area contributed by atoms with Crippen LogP contribution in [0.3, 0.4) is 0 Å². The smallest absolute Gasteiger partial charge is 0.266 e. The molecule has 0 saturated carbocycles. The molecule has 0 spiro atoms. The van der Waals surface area contributed by atoms with Gasteiger partial charge in [0.2, 0.25) is 4.96 Å². The molecule has 2 aromatic heterocycles. The van der Waals surface area contributed by atoms with Crippen molar-refractivity contribution in [3.63, 3.8) is 0 Å². The predicted octanol–water partition coefficient (Wildman–Crippen LogP) is 1.26. The molecule has 0 saturated heterocycles. The second-order valence-electron chi connectivity index (χ2n) is 3.90. The van der Waals surface area contributed by atoms with Crippen LogP contribution in [0.4, 0.5) is 0 Å². The fourth-order valence-electron chi connectivity index (χ4n) is 1.72. The molecular weight excluding hydrogens is 246 g/mol. The van der Waals surface area contributed by atoms with Gasteiger partial charge in [-0.3, -0.25) is 4.79 Å². The molecule has 2 heterocycles. The van der Waals surface area contributed by atoms with E-state index in [4.69, 9.17) is 0 Å². The van der Waals surface area contributed by atoms with Gasteiger partial charge in [-0.2, -0.15) is 4.52 Å². The van der Waals surface area contributed by atoms with E-state index in [-0.39, 0.29) is 5.56 Å². The number of hydrogen-bond acceptors (Lipinski definition) is 4. The van der Waals surface area contributed by atoms with Crippen molar-refractivity contribution in [2.75, 3.05) is 0 Å². The van der Waals surface area contributed by atoms with Crippen LogP contribution >= 0.6 is 11.3 Å². The van der Waals surface area contributed by atoms with Crippen molar-refractivity contribution < 1.29 is 0 Å². The number of aryl methyl sites for hydroxylation is 1. The lowest BCUT2D eigenvalue weighted by atomic mass is 10.2. The Morgan fingerprint density at radius 1 is 1.33 bits per heavy atom. The van der Waals surface area contributed by atoms with Crippen molar-refractivity contribution >= 4 is 22.4 Å². The quantitative estimate of drug-likeness (QED) is 0.694. The van der Waals surface area contributed by atoms with Gasteiger partial charge in [-0.05, 0) is 11.6 Å². The minimum Gasteiger partial charge on any atom is -0.266 e. The van der Waals surface area contributed by atoms with Gasteiger partial charge in [-0.15, -0.1) is 5.10 Å². The van der Waals surface area contributed by atoms with E-state index < -0.39 is 0 Å². The highest BCUT2D eigenvalue weighted by Gasteiger charge is 2.08. The summed E-state index contributed by atoms with van der Waals surface area (Å²) < 4.78 is 2.05. The van der Waals surface area contributed by atoms with Gasteiger partial charge >= 0.3 is 0 Å². The summed E-state index contributed by atoms with van der Waals surface area (Å²) in [7, 11) is 0. The maximum absolute atomic E-state index is 12.1. The average Bonchev–Trinajstić information content (AvgIpc) is 2.92. The van der Waals surface area contributed by atoms with Gasteiger partial charge < -0.3 is 0 Å². The predicted molar refractivity (Wildman–Crippen MR) is 71.7 cm³/mol. The summed E-state index contributed by atoms with van der Waals surface area (Å²) in [5, 5.41) is 4.18. The van der Waals surface area contributed by atoms with E-state index >= 15 is 0 Å². The zero-order valence-corrected chi connectivity index (χ0v) is 10.6. The maximum Gasteiger partial charge on any atom is 0.291 e. The summed E-state index contributed by atoms with van der Waals surface area (Å²) in [6, 6.07) is 9.77. The second-order valence-corrected chi connectivity index (χ2v) is 4.91. The third-order valence-electron chi connectivity index (χ3n) is 2.64. The van der Waals surface area contributed by atoms with E-state index in [1.165, 1.54) is 15.9 Å². The Morgan fingerprint density at radius 2 is 2.11 bits per heavy atom. The first-order chi connectivity index (χ1) is 8.78. The molecule has 0 atom stereocenters. The highest BCUT2D eigenvalue weighted by Crippen LogP contribution is 2.03. The summed E-state index contributed by atoms with van der Waals surface area (Å²) >= 11 is 1.38. The Labute approximate surface area is 107 Å². The number of aromatic nitrogens is 3. The highest BCUT2D eigenvalue weighted by atomic mass is 32.1. The minimum atomic E-state index is -0.0916. The van der Waals surface area contributed by atoms with Crippen molar-refractivity contribution in [2.24, 2.45) is 0 Å². The molecule has 3 aromatic rings. The number of hydrogen-bond donors (Lipinski definition) is 0. The van der Waals surface area contributed by atoms with Crippen LogP contribution in [-0.4, -0.2) is 14.6 Å². The van der Waals surface area contributed by atoms with E-state index in [1.807, 2.05) is 43.3 Å². The van der Waals surface area contributed by atoms with Crippen LogP contribution < -0.4 is 10.1 Å². The SMILES string of the molecule is CCc1nc2s/c(=C\c3ccccc3)c(=O)n2n1. The van der Waals surface area contributed by atoms with Gasteiger partial charge in [0.1, 0.15) is 0 Å². The van der Waals surface area contributed by atoms with Gasteiger partial charge in [0.15, 0.2) is 5.82 Å². The van der Waals surface area contributed by atoms with E-state index in [9.17, 15) is 4.79 Å². The standard InChI is InChI=1S/C13H11N3OS/c1-2-11-14-13-16(15-11)12(17)10(18-13)8-9-6-4-3-5-7-9/h3-8H,2H2,1H3/b10-8-. The van der Waals surface area contributed by atoms with Gasteiger partial charge in [-0.1, -0.05) is 48.6 Å². The van der Waals surface area contributed by atoms with Crippen LogP contribution in [-0.2, 0) is 6.42 Å². The van der Waals surface area contributed by atoms with E-state index in [0.29, 0.717) is 15.3 Å². The molecule has 0 unspecified atom stereocenters. The molecule has 0 aliphatic heterocycles. The molecule has 5 heteroatoms. The maximum atomic E-state index is 12.1. The molecule has 3 rings (SSSR count). The lowest BCUT2D eigenvalue weighted by Gasteiger charge is -1.87. The third kappa shape index (κ3) is 1.82. The molecule has 0 aliphatic rings. The number of benzene rings is 1. The van der Waals surface area contributed by atoms with Crippen molar-refractivity contribution in [3.05, 3.63) is 56.6 Å². The Hall–Kier alpha value is -2.01. The summed E-state index contributed by atoms with van der Waals surface area (Å²) in [4.78, 5) is 17.1. The summed E-state index contributed by atoms with van der Waals surface area (Å²) in [5.41, 5.74) is 0.917. The molecule has 0 fully saturated rings. The highest BCUT2D eigenvalue weighted by molar-refractivity contribution is 7.15. The van der Waals surface area contributed by atoms with Crippen LogP contribution in [0.2, 0.25) is 0 Å². The Morgan fingerprint density at radius 3 is 2.78 bits per heavy atom. The molecule has 0 aliphatic carbocycles. The average molecular weight is 257 g/mol. The van der Waals surface area contributed by atoms with Crippen molar-refractivity contribution in [2.45, 2.75) is 13.3 Å². The van der Waals surface area contributed by atoms with E-state index in [2.05, 4.69) is 10.1 Å². The number of nitrogens with zero attached hydrogens (tertiary/aromatic N) is 3. The Balaban J connectivity index is 2.19. The lowest BCUT2D eigenvalue weighted by molar-refractivity contribution is 0.867. The largest absolute Gasteiger partial charge is 0.291 e. The monoisotopic (exact) mass is 257 g/mol. The molecular formula is C13H11N3OS. The molecule has 0 radical (unpaired) electrons. The van der Waals surface area contributed by atoms with Crippen LogP contribution in [0.15, 0.2) is 35.1 Å².